The second kappa shape index (κ2) is 7.94. The molecule has 0 saturated heterocycles. The molecule has 1 aromatic carbocycles. The van der Waals surface area contributed by atoms with E-state index in [1.165, 1.54) is 0 Å². The van der Waals surface area contributed by atoms with Crippen LogP contribution in [0.3, 0.4) is 0 Å². The zero-order valence-electron chi connectivity index (χ0n) is 13.1. The Hall–Kier alpha value is -1.88. The van der Waals surface area contributed by atoms with Crippen molar-refractivity contribution >= 4 is 17.5 Å². The monoisotopic (exact) mass is 303 g/mol. The first-order valence-electron chi connectivity index (χ1n) is 8.06. The van der Waals surface area contributed by atoms with Gasteiger partial charge in [0.2, 0.25) is 5.91 Å². The highest BCUT2D eigenvalue weighted by atomic mass is 16.2. The molecule has 1 aliphatic rings. The van der Waals surface area contributed by atoms with E-state index in [4.69, 9.17) is 5.73 Å². The van der Waals surface area contributed by atoms with Crippen molar-refractivity contribution in [3.05, 3.63) is 29.8 Å². The molecule has 0 heterocycles. The fourth-order valence-electron chi connectivity index (χ4n) is 2.30. The van der Waals surface area contributed by atoms with E-state index in [0.29, 0.717) is 17.8 Å². The maximum atomic E-state index is 12.3. The van der Waals surface area contributed by atoms with Crippen LogP contribution in [0.2, 0.25) is 0 Å². The SMILES string of the molecule is CCCCC(CN)NC(=O)c1cccc(NC(=O)C2CC2)c1. The van der Waals surface area contributed by atoms with Gasteiger partial charge in [-0.25, -0.2) is 0 Å². The van der Waals surface area contributed by atoms with E-state index in [-0.39, 0.29) is 23.8 Å². The Balaban J connectivity index is 1.95. The molecular formula is C17H25N3O2. The minimum absolute atomic E-state index is 0.00263. The van der Waals surface area contributed by atoms with Crippen molar-refractivity contribution in [2.45, 2.75) is 45.1 Å². The van der Waals surface area contributed by atoms with Gasteiger partial charge in [0, 0.05) is 29.8 Å². The summed E-state index contributed by atoms with van der Waals surface area (Å²) in [6.07, 6.45) is 4.93. The van der Waals surface area contributed by atoms with Gasteiger partial charge in [0.25, 0.3) is 5.91 Å². The van der Waals surface area contributed by atoms with Crippen LogP contribution in [0.5, 0.6) is 0 Å². The highest BCUT2D eigenvalue weighted by molar-refractivity contribution is 5.98. The van der Waals surface area contributed by atoms with Crippen molar-refractivity contribution in [1.82, 2.24) is 5.32 Å². The molecule has 1 unspecified atom stereocenters. The lowest BCUT2D eigenvalue weighted by molar-refractivity contribution is -0.117. The number of benzene rings is 1. The lowest BCUT2D eigenvalue weighted by atomic mass is 10.1. The summed E-state index contributed by atoms with van der Waals surface area (Å²) >= 11 is 0. The van der Waals surface area contributed by atoms with Crippen LogP contribution in [-0.4, -0.2) is 24.4 Å². The molecule has 0 spiro atoms. The van der Waals surface area contributed by atoms with Gasteiger partial charge in [-0.2, -0.15) is 0 Å². The number of anilines is 1. The second-order valence-corrected chi connectivity index (χ2v) is 5.89. The third-order valence-electron chi connectivity index (χ3n) is 3.87. The molecule has 5 heteroatoms. The molecule has 2 rings (SSSR count). The van der Waals surface area contributed by atoms with Crippen molar-refractivity contribution in [3.63, 3.8) is 0 Å². The third-order valence-corrected chi connectivity index (χ3v) is 3.87. The summed E-state index contributed by atoms with van der Waals surface area (Å²) in [5.41, 5.74) is 6.92. The fraction of sp³-hybridized carbons (Fsp3) is 0.529. The predicted molar refractivity (Wildman–Crippen MR) is 87.6 cm³/mol. The maximum Gasteiger partial charge on any atom is 0.251 e. The Labute approximate surface area is 131 Å². The van der Waals surface area contributed by atoms with E-state index in [9.17, 15) is 9.59 Å². The van der Waals surface area contributed by atoms with Crippen molar-refractivity contribution in [1.29, 1.82) is 0 Å². The average molecular weight is 303 g/mol. The Morgan fingerprint density at radius 1 is 1.36 bits per heavy atom. The quantitative estimate of drug-likeness (QED) is 0.689. The third kappa shape index (κ3) is 4.84. The largest absolute Gasteiger partial charge is 0.348 e. The zero-order chi connectivity index (χ0) is 15.9. The van der Waals surface area contributed by atoms with Crippen LogP contribution >= 0.6 is 0 Å². The van der Waals surface area contributed by atoms with Crippen molar-refractivity contribution in [3.8, 4) is 0 Å². The Kier molecular flexibility index (Phi) is 5.95. The van der Waals surface area contributed by atoms with Crippen LogP contribution in [0.4, 0.5) is 5.69 Å². The van der Waals surface area contributed by atoms with Crippen LogP contribution in [-0.2, 0) is 4.79 Å². The van der Waals surface area contributed by atoms with Gasteiger partial charge >= 0.3 is 0 Å². The van der Waals surface area contributed by atoms with Crippen molar-refractivity contribution in [2.24, 2.45) is 11.7 Å². The molecule has 5 nitrogen and oxygen atoms in total. The number of rotatable bonds is 8. The van der Waals surface area contributed by atoms with Gasteiger partial charge in [0.1, 0.15) is 0 Å². The molecule has 0 bridgehead atoms. The Bertz CT molecular complexity index is 526. The highest BCUT2D eigenvalue weighted by Crippen LogP contribution is 2.30. The molecule has 1 saturated carbocycles. The van der Waals surface area contributed by atoms with Gasteiger partial charge in [-0.1, -0.05) is 25.8 Å². The summed E-state index contributed by atoms with van der Waals surface area (Å²) < 4.78 is 0. The first-order chi connectivity index (χ1) is 10.6. The van der Waals surface area contributed by atoms with Crippen molar-refractivity contribution in [2.75, 3.05) is 11.9 Å². The van der Waals surface area contributed by atoms with Gasteiger partial charge in [0.15, 0.2) is 0 Å². The van der Waals surface area contributed by atoms with Gasteiger partial charge < -0.3 is 16.4 Å². The smallest absolute Gasteiger partial charge is 0.251 e. The molecule has 1 aromatic rings. The van der Waals surface area contributed by atoms with E-state index >= 15 is 0 Å². The van der Waals surface area contributed by atoms with Gasteiger partial charge in [-0.15, -0.1) is 0 Å². The normalized spacial score (nSPS) is 15.2. The van der Waals surface area contributed by atoms with Gasteiger partial charge in [0.05, 0.1) is 0 Å². The Morgan fingerprint density at radius 2 is 2.14 bits per heavy atom. The molecule has 4 N–H and O–H groups in total. The lowest BCUT2D eigenvalue weighted by Gasteiger charge is -2.16. The number of unbranched alkanes of at least 4 members (excludes halogenated alkanes) is 1. The highest BCUT2D eigenvalue weighted by Gasteiger charge is 2.29. The topological polar surface area (TPSA) is 84.2 Å². The number of hydrogen-bond donors (Lipinski definition) is 3. The first kappa shape index (κ1) is 16.5. The van der Waals surface area contributed by atoms with Crippen LogP contribution in [0.1, 0.15) is 49.4 Å². The standard InChI is InChI=1S/C17H25N3O2/c1-2-3-6-15(11-18)20-17(22)13-5-4-7-14(10-13)19-16(21)12-8-9-12/h4-5,7,10,12,15H,2-3,6,8-9,11,18H2,1H3,(H,19,21)(H,20,22). The van der Waals surface area contributed by atoms with Gasteiger partial charge in [-0.05, 0) is 37.5 Å². The first-order valence-corrected chi connectivity index (χ1v) is 8.06. The van der Waals surface area contributed by atoms with Crippen LogP contribution < -0.4 is 16.4 Å². The van der Waals surface area contributed by atoms with Crippen molar-refractivity contribution < 1.29 is 9.59 Å². The maximum absolute atomic E-state index is 12.3. The van der Waals surface area contributed by atoms with Gasteiger partial charge in [-0.3, -0.25) is 9.59 Å². The van der Waals surface area contributed by atoms with Crippen LogP contribution in [0.15, 0.2) is 24.3 Å². The summed E-state index contributed by atoms with van der Waals surface area (Å²) in [6.45, 7) is 2.55. The molecule has 1 atom stereocenters. The minimum Gasteiger partial charge on any atom is -0.348 e. The van der Waals surface area contributed by atoms with E-state index in [1.54, 1.807) is 24.3 Å². The molecule has 120 valence electrons. The minimum atomic E-state index is -0.144. The second-order valence-electron chi connectivity index (χ2n) is 5.89. The average Bonchev–Trinajstić information content (AvgIpc) is 3.36. The van der Waals surface area contributed by atoms with E-state index < -0.39 is 0 Å². The van der Waals surface area contributed by atoms with E-state index in [0.717, 1.165) is 32.1 Å². The predicted octanol–water partition coefficient (Wildman–Crippen LogP) is 2.28. The van der Waals surface area contributed by atoms with Crippen LogP contribution in [0.25, 0.3) is 0 Å². The molecule has 0 aromatic heterocycles. The molecule has 0 radical (unpaired) electrons. The fourth-order valence-corrected chi connectivity index (χ4v) is 2.30. The number of carbonyl (C=O) groups is 2. The summed E-state index contributed by atoms with van der Waals surface area (Å²) in [4.78, 5) is 24.1. The molecule has 2 amide bonds. The molecule has 1 aliphatic carbocycles. The number of nitrogens with two attached hydrogens (primary N) is 1. The molecule has 1 fully saturated rings. The Morgan fingerprint density at radius 3 is 2.77 bits per heavy atom. The summed E-state index contributed by atoms with van der Waals surface area (Å²) in [6, 6.07) is 7.03. The number of nitrogens with one attached hydrogen (secondary N) is 2. The van der Waals surface area contributed by atoms with Crippen LogP contribution in [0, 0.1) is 5.92 Å². The number of carbonyl (C=O) groups excluding carboxylic acids is 2. The number of hydrogen-bond acceptors (Lipinski definition) is 3. The molecular weight excluding hydrogens is 278 g/mol. The molecule has 0 aliphatic heterocycles. The van der Waals surface area contributed by atoms with E-state index in [1.807, 2.05) is 0 Å². The lowest BCUT2D eigenvalue weighted by Crippen LogP contribution is -2.40. The summed E-state index contributed by atoms with van der Waals surface area (Å²) in [5, 5.41) is 5.81. The molecule has 22 heavy (non-hydrogen) atoms. The summed E-state index contributed by atoms with van der Waals surface area (Å²) in [7, 11) is 0. The number of amides is 2. The van der Waals surface area contributed by atoms with E-state index in [2.05, 4.69) is 17.6 Å². The summed E-state index contributed by atoms with van der Waals surface area (Å²) in [5.74, 6) is 0.0440. The zero-order valence-corrected chi connectivity index (χ0v) is 13.1.